The highest BCUT2D eigenvalue weighted by Crippen LogP contribution is 2.02. The van der Waals surface area contributed by atoms with Gasteiger partial charge in [-0.15, -0.1) is 0 Å². The summed E-state index contributed by atoms with van der Waals surface area (Å²) >= 11 is 0. The van der Waals surface area contributed by atoms with Gasteiger partial charge in [-0.3, -0.25) is 9.79 Å². The van der Waals surface area contributed by atoms with Crippen LogP contribution in [0.2, 0.25) is 0 Å². The molecule has 1 aliphatic rings. The lowest BCUT2D eigenvalue weighted by Gasteiger charge is -2.11. The van der Waals surface area contributed by atoms with Crippen molar-refractivity contribution in [3.63, 3.8) is 0 Å². The van der Waals surface area contributed by atoms with Gasteiger partial charge in [0.05, 0.1) is 12.3 Å². The minimum atomic E-state index is -0.770. The Morgan fingerprint density at radius 3 is 3.08 bits per heavy atom. The quantitative estimate of drug-likeness (QED) is 0.653. The van der Waals surface area contributed by atoms with Crippen LogP contribution in [-0.4, -0.2) is 29.5 Å². The number of hydrogen-bond donors (Lipinski definition) is 2. The van der Waals surface area contributed by atoms with Crippen LogP contribution in [0.15, 0.2) is 4.99 Å². The molecule has 2 N–H and O–H groups in total. The van der Waals surface area contributed by atoms with Crippen LogP contribution in [0.3, 0.4) is 0 Å². The smallest absolute Gasteiger partial charge is 0.305 e. The van der Waals surface area contributed by atoms with Crippen LogP contribution < -0.4 is 5.32 Å². The molecule has 0 saturated heterocycles. The number of aliphatic carboxylic acids is 1. The van der Waals surface area contributed by atoms with Crippen molar-refractivity contribution in [2.45, 2.75) is 32.2 Å². The van der Waals surface area contributed by atoms with Crippen molar-refractivity contribution in [1.82, 2.24) is 5.32 Å². The van der Waals surface area contributed by atoms with Gasteiger partial charge in [0.1, 0.15) is 0 Å². The molecule has 68 valence electrons. The molecular formula is C8H14N2O2. The van der Waals surface area contributed by atoms with E-state index >= 15 is 0 Å². The van der Waals surface area contributed by atoms with Gasteiger partial charge in [-0.25, -0.2) is 0 Å². The zero-order valence-electron chi connectivity index (χ0n) is 7.21. The highest BCUT2D eigenvalue weighted by molar-refractivity contribution is 5.84. The maximum Gasteiger partial charge on any atom is 0.305 e. The topological polar surface area (TPSA) is 61.7 Å². The monoisotopic (exact) mass is 170 g/mol. The van der Waals surface area contributed by atoms with Crippen LogP contribution in [-0.2, 0) is 4.79 Å². The number of hydrogen-bond acceptors (Lipinski definition) is 3. The molecule has 1 heterocycles. The summed E-state index contributed by atoms with van der Waals surface area (Å²) in [7, 11) is 0. The summed E-state index contributed by atoms with van der Waals surface area (Å²) in [6, 6.07) is -0.0145. The Labute approximate surface area is 71.7 Å². The zero-order chi connectivity index (χ0) is 8.97. The van der Waals surface area contributed by atoms with Crippen LogP contribution in [0.5, 0.6) is 0 Å². The van der Waals surface area contributed by atoms with Crippen molar-refractivity contribution in [2.75, 3.05) is 6.54 Å². The summed E-state index contributed by atoms with van der Waals surface area (Å²) in [5, 5.41) is 11.6. The van der Waals surface area contributed by atoms with Crippen LogP contribution in [0, 0.1) is 0 Å². The van der Waals surface area contributed by atoms with E-state index in [0.29, 0.717) is 0 Å². The van der Waals surface area contributed by atoms with Crippen molar-refractivity contribution >= 4 is 11.8 Å². The number of nitrogens with one attached hydrogen (secondary N) is 1. The van der Waals surface area contributed by atoms with Gasteiger partial charge in [0.25, 0.3) is 0 Å². The van der Waals surface area contributed by atoms with E-state index in [1.807, 2.05) is 6.92 Å². The van der Waals surface area contributed by atoms with Gasteiger partial charge in [0.2, 0.25) is 0 Å². The second kappa shape index (κ2) is 4.09. The Kier molecular flexibility index (Phi) is 3.08. The number of carbonyl (C=O) groups is 1. The average Bonchev–Trinajstić information content (AvgIpc) is 2.37. The normalized spacial score (nSPS) is 18.6. The first-order valence-corrected chi connectivity index (χ1v) is 4.20. The lowest BCUT2D eigenvalue weighted by atomic mass is 10.2. The van der Waals surface area contributed by atoms with Gasteiger partial charge >= 0.3 is 5.97 Å². The Bertz CT molecular complexity index is 201. The summed E-state index contributed by atoms with van der Waals surface area (Å²) in [4.78, 5) is 14.5. The largest absolute Gasteiger partial charge is 0.481 e. The summed E-state index contributed by atoms with van der Waals surface area (Å²) in [6.45, 7) is 2.73. The van der Waals surface area contributed by atoms with Crippen LogP contribution in [0.4, 0.5) is 0 Å². The van der Waals surface area contributed by atoms with Crippen molar-refractivity contribution in [2.24, 2.45) is 4.99 Å². The molecule has 1 atom stereocenters. The summed E-state index contributed by atoms with van der Waals surface area (Å²) < 4.78 is 0. The first kappa shape index (κ1) is 9.03. The SMILES string of the molecule is CC(CC(=O)O)NC1=NCCC1. The van der Waals surface area contributed by atoms with Crippen LogP contribution in [0.25, 0.3) is 0 Å². The third kappa shape index (κ3) is 2.90. The Morgan fingerprint density at radius 1 is 1.83 bits per heavy atom. The van der Waals surface area contributed by atoms with Crippen molar-refractivity contribution in [3.05, 3.63) is 0 Å². The van der Waals surface area contributed by atoms with Gasteiger partial charge in [-0.05, 0) is 13.3 Å². The van der Waals surface area contributed by atoms with E-state index in [-0.39, 0.29) is 12.5 Å². The molecule has 1 rings (SSSR count). The first-order valence-electron chi connectivity index (χ1n) is 4.20. The Morgan fingerprint density at radius 2 is 2.58 bits per heavy atom. The molecule has 1 aliphatic heterocycles. The van der Waals surface area contributed by atoms with Gasteiger partial charge in [-0.1, -0.05) is 0 Å². The molecule has 0 saturated carbocycles. The number of amidine groups is 1. The lowest BCUT2D eigenvalue weighted by molar-refractivity contribution is -0.137. The molecule has 0 aromatic rings. The van der Waals surface area contributed by atoms with Crippen molar-refractivity contribution in [1.29, 1.82) is 0 Å². The fourth-order valence-corrected chi connectivity index (χ4v) is 1.25. The van der Waals surface area contributed by atoms with E-state index in [0.717, 1.165) is 25.2 Å². The minimum absolute atomic E-state index is 0.0145. The predicted molar refractivity (Wildman–Crippen MR) is 46.4 cm³/mol. The predicted octanol–water partition coefficient (Wildman–Crippen LogP) is 0.631. The summed E-state index contributed by atoms with van der Waals surface area (Å²) in [5.74, 6) is 0.192. The molecule has 0 aromatic heterocycles. The zero-order valence-corrected chi connectivity index (χ0v) is 7.21. The number of nitrogens with zero attached hydrogens (tertiary/aromatic N) is 1. The average molecular weight is 170 g/mol. The Hall–Kier alpha value is -1.06. The molecule has 12 heavy (non-hydrogen) atoms. The molecule has 0 radical (unpaired) electrons. The van der Waals surface area contributed by atoms with Gasteiger partial charge in [-0.2, -0.15) is 0 Å². The molecule has 0 amide bonds. The minimum Gasteiger partial charge on any atom is -0.481 e. The fourth-order valence-electron chi connectivity index (χ4n) is 1.25. The number of aliphatic imine (C=N–C) groups is 1. The highest BCUT2D eigenvalue weighted by atomic mass is 16.4. The fraction of sp³-hybridized carbons (Fsp3) is 0.750. The second-order valence-electron chi connectivity index (χ2n) is 3.08. The van der Waals surface area contributed by atoms with Gasteiger partial charge in [0.15, 0.2) is 0 Å². The maximum atomic E-state index is 10.3. The number of rotatable bonds is 3. The maximum absolute atomic E-state index is 10.3. The molecule has 0 spiro atoms. The van der Waals surface area contributed by atoms with Gasteiger partial charge < -0.3 is 10.4 Å². The van der Waals surface area contributed by atoms with E-state index < -0.39 is 5.97 Å². The molecule has 1 unspecified atom stereocenters. The highest BCUT2D eigenvalue weighted by Gasteiger charge is 2.11. The van der Waals surface area contributed by atoms with E-state index in [1.54, 1.807) is 0 Å². The number of carboxylic acid groups (broad SMARTS) is 1. The van der Waals surface area contributed by atoms with E-state index in [9.17, 15) is 4.79 Å². The van der Waals surface area contributed by atoms with Crippen molar-refractivity contribution < 1.29 is 9.90 Å². The lowest BCUT2D eigenvalue weighted by Crippen LogP contribution is -2.33. The van der Waals surface area contributed by atoms with E-state index in [4.69, 9.17) is 5.11 Å². The molecule has 4 heteroatoms. The molecule has 0 aromatic carbocycles. The van der Waals surface area contributed by atoms with E-state index in [1.165, 1.54) is 0 Å². The third-order valence-corrected chi connectivity index (χ3v) is 1.77. The molecular weight excluding hydrogens is 156 g/mol. The Balaban J connectivity index is 2.25. The third-order valence-electron chi connectivity index (χ3n) is 1.77. The molecule has 4 nitrogen and oxygen atoms in total. The number of carboxylic acids is 1. The second-order valence-corrected chi connectivity index (χ2v) is 3.08. The van der Waals surface area contributed by atoms with Gasteiger partial charge in [0, 0.05) is 19.0 Å². The van der Waals surface area contributed by atoms with Crippen molar-refractivity contribution in [3.8, 4) is 0 Å². The van der Waals surface area contributed by atoms with Crippen LogP contribution in [0.1, 0.15) is 26.2 Å². The van der Waals surface area contributed by atoms with E-state index in [2.05, 4.69) is 10.3 Å². The summed E-state index contributed by atoms with van der Waals surface area (Å²) in [5.41, 5.74) is 0. The standard InChI is InChI=1S/C8H14N2O2/c1-6(5-8(11)12)10-7-3-2-4-9-7/h6H,2-5H2,1H3,(H,9,10)(H,11,12). The first-order chi connectivity index (χ1) is 5.68. The summed E-state index contributed by atoms with van der Waals surface area (Å²) in [6.07, 6.45) is 2.20. The van der Waals surface area contributed by atoms with Crippen LogP contribution >= 0.6 is 0 Å². The molecule has 0 aliphatic carbocycles. The molecule has 0 bridgehead atoms. The molecule has 0 fully saturated rings.